The standard InChI is InChI=1S/C16H29BrN4/c1-7-12-15(17)14(20(6)19-12)9-21-10-16(4,5)18-8-13(21)11(2)3/h11,13,18H,7-10H2,1-6H3. The molecular weight excluding hydrogens is 328 g/mol. The van der Waals surface area contributed by atoms with Crippen molar-refractivity contribution < 1.29 is 0 Å². The van der Waals surface area contributed by atoms with Crippen LogP contribution in [0.25, 0.3) is 0 Å². The SMILES string of the molecule is CCc1nn(C)c(CN2CC(C)(C)NCC2C(C)C)c1Br. The van der Waals surface area contributed by atoms with Gasteiger partial charge in [0.25, 0.3) is 0 Å². The first-order valence-corrected chi connectivity index (χ1v) is 8.73. The van der Waals surface area contributed by atoms with E-state index in [-0.39, 0.29) is 5.54 Å². The van der Waals surface area contributed by atoms with Gasteiger partial charge >= 0.3 is 0 Å². The molecule has 1 aromatic rings. The topological polar surface area (TPSA) is 33.1 Å². The van der Waals surface area contributed by atoms with Crippen LogP contribution in [0, 0.1) is 5.92 Å². The summed E-state index contributed by atoms with van der Waals surface area (Å²) in [4.78, 5) is 2.61. The molecule has 21 heavy (non-hydrogen) atoms. The molecule has 1 aliphatic rings. The molecule has 0 radical (unpaired) electrons. The summed E-state index contributed by atoms with van der Waals surface area (Å²) in [5.74, 6) is 0.645. The van der Waals surface area contributed by atoms with Gasteiger partial charge in [0, 0.05) is 38.3 Å². The maximum atomic E-state index is 4.63. The van der Waals surface area contributed by atoms with Crippen LogP contribution in [0.3, 0.4) is 0 Å². The third-order valence-corrected chi connectivity index (χ3v) is 5.40. The summed E-state index contributed by atoms with van der Waals surface area (Å²) in [7, 11) is 2.05. The number of aryl methyl sites for hydroxylation is 2. The number of nitrogens with zero attached hydrogens (tertiary/aromatic N) is 3. The van der Waals surface area contributed by atoms with Crippen LogP contribution in [-0.4, -0.2) is 39.4 Å². The molecule has 0 aromatic carbocycles. The molecule has 1 aliphatic heterocycles. The summed E-state index contributed by atoms with van der Waals surface area (Å²) in [5.41, 5.74) is 2.61. The van der Waals surface area contributed by atoms with E-state index < -0.39 is 0 Å². The summed E-state index contributed by atoms with van der Waals surface area (Å²) in [5, 5.41) is 8.30. The van der Waals surface area contributed by atoms with E-state index in [0.717, 1.165) is 31.7 Å². The fourth-order valence-corrected chi connectivity index (χ4v) is 3.95. The Morgan fingerprint density at radius 2 is 2.10 bits per heavy atom. The Kier molecular flexibility index (Phi) is 5.16. The molecule has 1 atom stereocenters. The van der Waals surface area contributed by atoms with E-state index in [2.05, 4.69) is 72.9 Å². The molecule has 1 unspecified atom stereocenters. The van der Waals surface area contributed by atoms with Crippen molar-refractivity contribution in [3.8, 4) is 0 Å². The first kappa shape index (κ1) is 17.0. The Bertz CT molecular complexity index is 493. The summed E-state index contributed by atoms with van der Waals surface area (Å²) in [6.07, 6.45) is 0.967. The molecule has 2 heterocycles. The van der Waals surface area contributed by atoms with Crippen LogP contribution >= 0.6 is 15.9 Å². The Hall–Kier alpha value is -0.390. The molecule has 0 saturated carbocycles. The van der Waals surface area contributed by atoms with E-state index in [4.69, 9.17) is 0 Å². The van der Waals surface area contributed by atoms with Gasteiger partial charge in [0.15, 0.2) is 0 Å². The summed E-state index contributed by atoms with van der Waals surface area (Å²) in [6.45, 7) is 14.4. The number of rotatable bonds is 4. The molecule has 4 nitrogen and oxygen atoms in total. The van der Waals surface area contributed by atoms with E-state index in [1.807, 2.05) is 4.68 Å². The Morgan fingerprint density at radius 3 is 2.62 bits per heavy atom. The Labute approximate surface area is 137 Å². The minimum atomic E-state index is 0.171. The third-order valence-electron chi connectivity index (χ3n) is 4.48. The van der Waals surface area contributed by atoms with Crippen molar-refractivity contribution in [3.05, 3.63) is 15.9 Å². The van der Waals surface area contributed by atoms with Crippen LogP contribution in [0.1, 0.15) is 46.0 Å². The van der Waals surface area contributed by atoms with Crippen molar-refractivity contribution >= 4 is 15.9 Å². The van der Waals surface area contributed by atoms with Crippen LogP contribution in [0.15, 0.2) is 4.47 Å². The highest BCUT2D eigenvalue weighted by molar-refractivity contribution is 9.10. The van der Waals surface area contributed by atoms with Crippen molar-refractivity contribution in [2.45, 2.75) is 59.2 Å². The minimum Gasteiger partial charge on any atom is -0.309 e. The van der Waals surface area contributed by atoms with Gasteiger partial charge in [0.05, 0.1) is 15.9 Å². The van der Waals surface area contributed by atoms with Gasteiger partial charge in [-0.1, -0.05) is 20.8 Å². The van der Waals surface area contributed by atoms with Crippen LogP contribution in [0.5, 0.6) is 0 Å². The number of hydrogen-bond donors (Lipinski definition) is 1. The largest absolute Gasteiger partial charge is 0.309 e. The zero-order chi connectivity index (χ0) is 15.8. The lowest BCUT2D eigenvalue weighted by Crippen LogP contribution is -2.62. The molecule has 1 aromatic heterocycles. The molecule has 2 rings (SSSR count). The second-order valence-electron chi connectivity index (χ2n) is 7.17. The lowest BCUT2D eigenvalue weighted by Gasteiger charge is -2.46. The fraction of sp³-hybridized carbons (Fsp3) is 0.812. The van der Waals surface area contributed by atoms with Gasteiger partial charge < -0.3 is 5.32 Å². The Balaban J connectivity index is 2.24. The zero-order valence-corrected chi connectivity index (χ0v) is 15.8. The zero-order valence-electron chi connectivity index (χ0n) is 14.2. The van der Waals surface area contributed by atoms with E-state index in [9.17, 15) is 0 Å². The van der Waals surface area contributed by atoms with Crippen molar-refractivity contribution in [1.29, 1.82) is 0 Å². The molecule has 1 fully saturated rings. The normalized spacial score (nSPS) is 23.0. The molecular formula is C16H29BrN4. The number of hydrogen-bond acceptors (Lipinski definition) is 3. The van der Waals surface area contributed by atoms with Gasteiger partial charge in [0.2, 0.25) is 0 Å². The van der Waals surface area contributed by atoms with Gasteiger partial charge in [-0.3, -0.25) is 9.58 Å². The van der Waals surface area contributed by atoms with Gasteiger partial charge in [-0.15, -0.1) is 0 Å². The third kappa shape index (κ3) is 3.69. The second kappa shape index (κ2) is 6.39. The molecule has 120 valence electrons. The van der Waals surface area contributed by atoms with Crippen molar-refractivity contribution in [3.63, 3.8) is 0 Å². The quantitative estimate of drug-likeness (QED) is 0.900. The predicted molar refractivity (Wildman–Crippen MR) is 91.4 cm³/mol. The molecule has 1 N–H and O–H groups in total. The maximum absolute atomic E-state index is 4.63. The number of halogens is 1. The average Bonchev–Trinajstić information content (AvgIpc) is 2.65. The highest BCUT2D eigenvalue weighted by Crippen LogP contribution is 2.27. The second-order valence-corrected chi connectivity index (χ2v) is 7.96. The highest BCUT2D eigenvalue weighted by Gasteiger charge is 2.34. The monoisotopic (exact) mass is 356 g/mol. The molecule has 0 bridgehead atoms. The molecule has 0 aliphatic carbocycles. The smallest absolute Gasteiger partial charge is 0.0767 e. The van der Waals surface area contributed by atoms with Crippen LogP contribution in [0.4, 0.5) is 0 Å². The highest BCUT2D eigenvalue weighted by atomic mass is 79.9. The number of aromatic nitrogens is 2. The van der Waals surface area contributed by atoms with E-state index in [1.54, 1.807) is 0 Å². The lowest BCUT2D eigenvalue weighted by molar-refractivity contribution is 0.0605. The van der Waals surface area contributed by atoms with Crippen LogP contribution in [0.2, 0.25) is 0 Å². The Morgan fingerprint density at radius 1 is 1.43 bits per heavy atom. The first-order valence-electron chi connectivity index (χ1n) is 7.94. The van der Waals surface area contributed by atoms with Gasteiger partial charge in [-0.2, -0.15) is 5.10 Å². The first-order chi connectivity index (χ1) is 9.75. The van der Waals surface area contributed by atoms with Crippen molar-refractivity contribution in [2.75, 3.05) is 13.1 Å². The van der Waals surface area contributed by atoms with Crippen LogP contribution < -0.4 is 5.32 Å². The summed E-state index contributed by atoms with van der Waals surface area (Å²) in [6, 6.07) is 0.574. The van der Waals surface area contributed by atoms with Gasteiger partial charge in [-0.25, -0.2) is 0 Å². The van der Waals surface area contributed by atoms with Crippen molar-refractivity contribution in [1.82, 2.24) is 20.0 Å². The average molecular weight is 357 g/mol. The van der Waals surface area contributed by atoms with Crippen LogP contribution in [-0.2, 0) is 20.0 Å². The number of nitrogens with one attached hydrogen (secondary N) is 1. The molecule has 0 amide bonds. The minimum absolute atomic E-state index is 0.171. The molecule has 0 spiro atoms. The van der Waals surface area contributed by atoms with E-state index in [0.29, 0.717) is 12.0 Å². The summed E-state index contributed by atoms with van der Waals surface area (Å²) >= 11 is 3.75. The van der Waals surface area contributed by atoms with Crippen molar-refractivity contribution in [2.24, 2.45) is 13.0 Å². The fourth-order valence-electron chi connectivity index (χ4n) is 3.21. The predicted octanol–water partition coefficient (Wildman–Crippen LogP) is 2.95. The maximum Gasteiger partial charge on any atom is 0.0767 e. The molecule has 5 heteroatoms. The number of piperazine rings is 1. The van der Waals surface area contributed by atoms with Gasteiger partial charge in [0.1, 0.15) is 0 Å². The molecule has 1 saturated heterocycles. The lowest BCUT2D eigenvalue weighted by atomic mass is 9.93. The van der Waals surface area contributed by atoms with Gasteiger partial charge in [-0.05, 0) is 42.1 Å². The van der Waals surface area contributed by atoms with E-state index >= 15 is 0 Å². The summed E-state index contributed by atoms with van der Waals surface area (Å²) < 4.78 is 3.22. The van der Waals surface area contributed by atoms with E-state index in [1.165, 1.54) is 10.2 Å².